The second kappa shape index (κ2) is 18.7. The topological polar surface area (TPSA) is 92.4 Å². The van der Waals surface area contributed by atoms with Crippen molar-refractivity contribution in [1.29, 1.82) is 0 Å². The van der Waals surface area contributed by atoms with Crippen LogP contribution in [-0.4, -0.2) is 24.2 Å². The van der Waals surface area contributed by atoms with E-state index in [1.165, 1.54) is 5.56 Å². The van der Waals surface area contributed by atoms with Crippen molar-refractivity contribution in [1.82, 2.24) is 5.32 Å². The number of nitrogens with two attached hydrogens (primary N) is 1. The number of primary amides is 1. The van der Waals surface area contributed by atoms with E-state index in [2.05, 4.69) is 30.6 Å². The van der Waals surface area contributed by atoms with E-state index in [1.54, 1.807) is 0 Å². The van der Waals surface area contributed by atoms with E-state index in [0.29, 0.717) is 6.54 Å². The summed E-state index contributed by atoms with van der Waals surface area (Å²) < 4.78 is 0. The molecule has 1 aromatic rings. The number of carboxylic acid groups (broad SMARTS) is 1. The van der Waals surface area contributed by atoms with E-state index in [4.69, 9.17) is 9.90 Å². The normalized spacial score (nSPS) is 7.21. The minimum absolute atomic E-state index is 0.250. The third kappa shape index (κ3) is 26.1. The molecule has 0 fully saturated rings. The van der Waals surface area contributed by atoms with Crippen molar-refractivity contribution < 1.29 is 14.7 Å². The zero-order valence-corrected chi connectivity index (χ0v) is 12.8. The molecule has 0 spiro atoms. The van der Waals surface area contributed by atoms with Crippen LogP contribution in [0.15, 0.2) is 29.2 Å². The molecule has 0 radical (unpaired) electrons. The number of aryl methyl sites for hydroxylation is 1. The number of thiol groups is 1. The third-order valence-electron chi connectivity index (χ3n) is 1.38. The Balaban J connectivity index is -0.000000207. The highest BCUT2D eigenvalue weighted by Gasteiger charge is 1.80. The van der Waals surface area contributed by atoms with Crippen molar-refractivity contribution in [2.24, 2.45) is 5.73 Å². The number of hydrogen-bond acceptors (Lipinski definition) is 3. The average molecular weight is 288 g/mol. The predicted octanol–water partition coefficient (Wildman–Crippen LogP) is 2.69. The maximum Gasteiger partial charge on any atom is 0.312 e. The quantitative estimate of drug-likeness (QED) is 0.473. The molecule has 5 nitrogen and oxygen atoms in total. The summed E-state index contributed by atoms with van der Waals surface area (Å²) >= 11 is 4.13. The molecule has 0 aliphatic heterocycles. The Kier molecular flexibility index (Phi) is 22.1. The highest BCUT2D eigenvalue weighted by Crippen LogP contribution is 2.05. The lowest BCUT2D eigenvalue weighted by atomic mass is 10.2. The molecule has 0 atom stereocenters. The monoisotopic (exact) mass is 288 g/mol. The van der Waals surface area contributed by atoms with Crippen LogP contribution in [-0.2, 0) is 4.79 Å². The molecule has 19 heavy (non-hydrogen) atoms. The highest BCUT2D eigenvalue weighted by atomic mass is 32.1. The van der Waals surface area contributed by atoms with Gasteiger partial charge in [-0.05, 0) is 26.0 Å². The van der Waals surface area contributed by atoms with Crippen LogP contribution in [0.1, 0.15) is 26.3 Å². The zero-order chi connectivity index (χ0) is 15.7. The van der Waals surface area contributed by atoms with Crippen LogP contribution in [0.5, 0.6) is 0 Å². The summed E-state index contributed by atoms with van der Waals surface area (Å²) in [7, 11) is 0. The van der Waals surface area contributed by atoms with Crippen molar-refractivity contribution in [3.05, 3.63) is 29.8 Å². The summed E-state index contributed by atoms with van der Waals surface area (Å²) in [6, 6.07) is 7.60. The molecule has 0 saturated carbocycles. The minimum atomic E-state index is -0.461. The zero-order valence-electron chi connectivity index (χ0n) is 11.9. The maximum atomic E-state index is 9.71. The number of nitrogens with one attached hydrogen (secondary N) is 1. The number of carbonyl (C=O) groups is 2. The lowest BCUT2D eigenvalue weighted by Gasteiger charge is -1.89. The largest absolute Gasteiger partial charge is 0.483 e. The number of amides is 2. The van der Waals surface area contributed by atoms with Crippen molar-refractivity contribution in [3.63, 3.8) is 0 Å². The van der Waals surface area contributed by atoms with Crippen LogP contribution in [0, 0.1) is 6.92 Å². The van der Waals surface area contributed by atoms with Gasteiger partial charge >= 0.3 is 6.03 Å². The van der Waals surface area contributed by atoms with Gasteiger partial charge in [0, 0.05) is 11.4 Å². The summed E-state index contributed by atoms with van der Waals surface area (Å²) in [5.41, 5.74) is 5.93. The molecule has 6 heteroatoms. The van der Waals surface area contributed by atoms with E-state index < -0.39 is 6.03 Å². The first kappa shape index (κ1) is 22.5. The van der Waals surface area contributed by atoms with Gasteiger partial charge in [-0.3, -0.25) is 4.79 Å². The maximum absolute atomic E-state index is 9.71. The van der Waals surface area contributed by atoms with Gasteiger partial charge in [-0.1, -0.05) is 31.5 Å². The summed E-state index contributed by atoms with van der Waals surface area (Å²) in [4.78, 5) is 19.1. The Hall–Kier alpha value is -1.69. The van der Waals surface area contributed by atoms with Crippen molar-refractivity contribution >= 4 is 25.1 Å². The molecular weight excluding hydrogens is 264 g/mol. The first-order valence-electron chi connectivity index (χ1n) is 5.84. The number of urea groups is 1. The smallest absolute Gasteiger partial charge is 0.312 e. The number of rotatable bonds is 1. The fourth-order valence-electron chi connectivity index (χ4n) is 0.719. The average Bonchev–Trinajstić information content (AvgIpc) is 2.37. The number of benzene rings is 1. The Morgan fingerprint density at radius 1 is 1.37 bits per heavy atom. The van der Waals surface area contributed by atoms with Gasteiger partial charge in [0.05, 0.1) is 0 Å². The second-order valence-corrected chi connectivity index (χ2v) is 3.35. The van der Waals surface area contributed by atoms with Gasteiger partial charge in [0.15, 0.2) is 0 Å². The van der Waals surface area contributed by atoms with Gasteiger partial charge in [0.1, 0.15) is 0 Å². The van der Waals surface area contributed by atoms with Crippen molar-refractivity contribution in [3.8, 4) is 0 Å². The minimum Gasteiger partial charge on any atom is -0.483 e. The Bertz CT molecular complexity index is 295. The summed E-state index contributed by atoms with van der Waals surface area (Å²) in [5.74, 6) is 0. The fourth-order valence-corrected chi connectivity index (χ4v) is 0.868. The summed E-state index contributed by atoms with van der Waals surface area (Å²) in [5, 5.41) is 9.24. The first-order valence-corrected chi connectivity index (χ1v) is 6.29. The predicted molar refractivity (Wildman–Crippen MR) is 81.7 cm³/mol. The molecule has 0 saturated heterocycles. The Labute approximate surface area is 120 Å². The van der Waals surface area contributed by atoms with E-state index in [1.807, 2.05) is 45.0 Å². The van der Waals surface area contributed by atoms with E-state index in [0.717, 1.165) is 4.90 Å². The van der Waals surface area contributed by atoms with Crippen LogP contribution in [0.25, 0.3) is 0 Å². The molecule has 1 aromatic carbocycles. The fraction of sp³-hybridized carbons (Fsp3) is 0.385. The summed E-state index contributed by atoms with van der Waals surface area (Å²) in [6.45, 7) is 8.23. The van der Waals surface area contributed by atoms with Gasteiger partial charge in [0.2, 0.25) is 0 Å². The van der Waals surface area contributed by atoms with Gasteiger partial charge in [-0.2, -0.15) is 0 Å². The van der Waals surface area contributed by atoms with Crippen LogP contribution >= 0.6 is 12.6 Å². The van der Waals surface area contributed by atoms with Gasteiger partial charge in [-0.15, -0.1) is 12.6 Å². The van der Waals surface area contributed by atoms with Crippen molar-refractivity contribution in [2.75, 3.05) is 6.54 Å². The van der Waals surface area contributed by atoms with Crippen LogP contribution in [0.4, 0.5) is 4.79 Å². The molecule has 2 amide bonds. The lowest BCUT2D eigenvalue weighted by Crippen LogP contribution is -2.28. The molecule has 0 aromatic heterocycles. The molecule has 0 unspecified atom stereocenters. The first-order chi connectivity index (χ1) is 8.97. The Morgan fingerprint density at radius 2 is 1.74 bits per heavy atom. The van der Waals surface area contributed by atoms with E-state index >= 15 is 0 Å². The van der Waals surface area contributed by atoms with Crippen LogP contribution in [0.2, 0.25) is 0 Å². The standard InChI is InChI=1S/C7H8S.C3H8N2O.C2H6.CH2O2/c1-6-2-4-7(8)5-3-6;1-2-5-3(4)6;1-2;2-1-3/h2-5,8H,1H3;2H2,1H3,(H3,4,5,6);1-2H3;1H,(H,2,3). The van der Waals surface area contributed by atoms with E-state index in [9.17, 15) is 4.79 Å². The van der Waals surface area contributed by atoms with Crippen LogP contribution in [0.3, 0.4) is 0 Å². The molecule has 4 N–H and O–H groups in total. The highest BCUT2D eigenvalue weighted by molar-refractivity contribution is 7.80. The Morgan fingerprint density at radius 3 is 1.89 bits per heavy atom. The summed E-state index contributed by atoms with van der Waals surface area (Å²) in [6.07, 6.45) is 0. The molecule has 0 aliphatic rings. The number of hydrogen-bond donors (Lipinski definition) is 4. The number of carbonyl (C=O) groups excluding carboxylic acids is 1. The third-order valence-corrected chi connectivity index (χ3v) is 1.68. The van der Waals surface area contributed by atoms with Crippen LogP contribution < -0.4 is 11.1 Å². The molecule has 0 bridgehead atoms. The second-order valence-electron chi connectivity index (χ2n) is 2.84. The molecular formula is C13H24N2O3S. The van der Waals surface area contributed by atoms with Gasteiger partial charge in [-0.25, -0.2) is 4.79 Å². The van der Waals surface area contributed by atoms with Gasteiger partial charge in [0.25, 0.3) is 6.47 Å². The molecule has 0 aliphatic carbocycles. The SMILES string of the molecule is CC.CCNC(N)=O.Cc1ccc(S)cc1.O=CO. The molecule has 1 rings (SSSR count). The van der Waals surface area contributed by atoms with E-state index in [-0.39, 0.29) is 6.47 Å². The van der Waals surface area contributed by atoms with Crippen molar-refractivity contribution in [2.45, 2.75) is 32.6 Å². The van der Waals surface area contributed by atoms with Gasteiger partial charge < -0.3 is 16.2 Å². The lowest BCUT2D eigenvalue weighted by molar-refractivity contribution is -0.122. The molecule has 0 heterocycles. The molecule has 110 valence electrons.